The first-order valence-corrected chi connectivity index (χ1v) is 8.27. The molecule has 3 N–H and O–H groups in total. The average Bonchev–Trinajstić information content (AvgIpc) is 3.10. The lowest BCUT2D eigenvalue weighted by atomic mass is 10.0. The Morgan fingerprint density at radius 1 is 1.04 bits per heavy atom. The predicted octanol–water partition coefficient (Wildman–Crippen LogP) is 3.93. The minimum absolute atomic E-state index is 0.492. The van der Waals surface area contributed by atoms with E-state index < -0.39 is 11.9 Å². The van der Waals surface area contributed by atoms with Gasteiger partial charge in [0.15, 0.2) is 0 Å². The van der Waals surface area contributed by atoms with Crippen LogP contribution >= 0.6 is 0 Å². The number of carbonyl (C=O) groups excluding carboxylic acids is 1. The molecule has 0 radical (unpaired) electrons. The van der Waals surface area contributed by atoms with Crippen molar-refractivity contribution in [2.45, 2.75) is 0 Å². The Labute approximate surface area is 154 Å². The molecule has 5 nitrogen and oxygen atoms in total. The van der Waals surface area contributed by atoms with E-state index in [1.54, 1.807) is 18.3 Å². The summed E-state index contributed by atoms with van der Waals surface area (Å²) in [6, 6.07) is 12.8. The van der Waals surface area contributed by atoms with E-state index in [0.717, 1.165) is 38.9 Å². The topological polar surface area (TPSA) is 84.7 Å². The monoisotopic (exact) mass is 358 g/mol. The third kappa shape index (κ3) is 3.46. The number of nitrogens with two attached hydrogens (primary N) is 1. The van der Waals surface area contributed by atoms with E-state index in [1.807, 2.05) is 36.5 Å². The van der Waals surface area contributed by atoms with Crippen LogP contribution in [-0.4, -0.2) is 20.9 Å². The molecule has 0 fully saturated rings. The Kier molecular flexibility index (Phi) is 4.22. The maximum absolute atomic E-state index is 13.1. The molecular formula is C21H15FN4O. The lowest BCUT2D eigenvalue weighted by Crippen LogP contribution is -2.05. The van der Waals surface area contributed by atoms with Crippen molar-refractivity contribution >= 4 is 23.0 Å². The Morgan fingerprint density at radius 2 is 1.89 bits per heavy atom. The largest absolute Gasteiger partial charge is 0.366 e. The molecule has 6 heteroatoms. The van der Waals surface area contributed by atoms with Gasteiger partial charge in [0.1, 0.15) is 5.65 Å². The number of H-pyrrole nitrogens is 1. The van der Waals surface area contributed by atoms with E-state index in [9.17, 15) is 9.18 Å². The van der Waals surface area contributed by atoms with Crippen molar-refractivity contribution in [3.05, 3.63) is 78.6 Å². The summed E-state index contributed by atoms with van der Waals surface area (Å²) in [7, 11) is 0. The summed E-state index contributed by atoms with van der Waals surface area (Å²) < 4.78 is 13.1. The van der Waals surface area contributed by atoms with E-state index in [2.05, 4.69) is 15.0 Å². The molecular weight excluding hydrogens is 343 g/mol. The smallest absolute Gasteiger partial charge is 0.241 e. The van der Waals surface area contributed by atoms with E-state index in [0.29, 0.717) is 0 Å². The molecule has 0 unspecified atom stereocenters. The van der Waals surface area contributed by atoms with Gasteiger partial charge < -0.3 is 10.7 Å². The maximum Gasteiger partial charge on any atom is 0.241 e. The normalized spacial score (nSPS) is 11.3. The lowest BCUT2D eigenvalue weighted by molar-refractivity contribution is -0.113. The van der Waals surface area contributed by atoms with Crippen LogP contribution in [-0.2, 0) is 4.79 Å². The van der Waals surface area contributed by atoms with Crippen LogP contribution < -0.4 is 5.73 Å². The molecule has 0 aliphatic carbocycles. The molecule has 132 valence electrons. The molecule has 0 spiro atoms. The zero-order valence-corrected chi connectivity index (χ0v) is 14.2. The highest BCUT2D eigenvalue weighted by atomic mass is 19.1. The highest BCUT2D eigenvalue weighted by molar-refractivity contribution is 5.96. The Balaban J connectivity index is 1.77. The van der Waals surface area contributed by atoms with Crippen molar-refractivity contribution in [1.82, 2.24) is 15.0 Å². The maximum atomic E-state index is 13.1. The second kappa shape index (κ2) is 6.84. The van der Waals surface area contributed by atoms with Gasteiger partial charge in [-0.05, 0) is 41.5 Å². The quantitative estimate of drug-likeness (QED) is 0.428. The summed E-state index contributed by atoms with van der Waals surface area (Å²) in [5.41, 5.74) is 10.3. The first-order valence-electron chi connectivity index (χ1n) is 8.27. The van der Waals surface area contributed by atoms with Crippen LogP contribution in [0.2, 0.25) is 0 Å². The number of pyridine rings is 2. The summed E-state index contributed by atoms with van der Waals surface area (Å²) in [6.07, 6.45) is 8.11. The van der Waals surface area contributed by atoms with Gasteiger partial charge in [0.2, 0.25) is 11.9 Å². The van der Waals surface area contributed by atoms with Gasteiger partial charge in [0, 0.05) is 46.7 Å². The standard InChI is InChI=1S/C21H15FN4O/c22-19-6-5-15(10-24-19)18-12-26-21-17(18)9-16(11-25-21)14-3-1-2-13(8-14)4-7-20(23)27/h1-12H,(H2,23,27)(H,25,26). The van der Waals surface area contributed by atoms with Crippen molar-refractivity contribution in [2.24, 2.45) is 5.73 Å². The molecule has 0 aliphatic heterocycles. The van der Waals surface area contributed by atoms with Gasteiger partial charge in [-0.3, -0.25) is 4.79 Å². The highest BCUT2D eigenvalue weighted by Crippen LogP contribution is 2.31. The zero-order chi connectivity index (χ0) is 18.8. The molecule has 0 saturated heterocycles. The van der Waals surface area contributed by atoms with Gasteiger partial charge in [-0.1, -0.05) is 18.2 Å². The first kappa shape index (κ1) is 16.7. The summed E-state index contributed by atoms with van der Waals surface area (Å²) in [4.78, 5) is 22.3. The predicted molar refractivity (Wildman–Crippen MR) is 103 cm³/mol. The van der Waals surface area contributed by atoms with Gasteiger partial charge in [-0.15, -0.1) is 0 Å². The summed E-state index contributed by atoms with van der Waals surface area (Å²) in [5, 5.41) is 0.916. The fourth-order valence-electron chi connectivity index (χ4n) is 2.94. The zero-order valence-electron chi connectivity index (χ0n) is 14.2. The van der Waals surface area contributed by atoms with Crippen molar-refractivity contribution in [2.75, 3.05) is 0 Å². The first-order chi connectivity index (χ1) is 13.1. The number of primary amides is 1. The molecule has 3 aromatic heterocycles. The number of amides is 1. The van der Waals surface area contributed by atoms with Gasteiger partial charge >= 0.3 is 0 Å². The van der Waals surface area contributed by atoms with E-state index in [-0.39, 0.29) is 0 Å². The number of hydrogen-bond acceptors (Lipinski definition) is 3. The Hall–Kier alpha value is -3.80. The van der Waals surface area contributed by atoms with Gasteiger partial charge in [0.05, 0.1) is 0 Å². The van der Waals surface area contributed by atoms with Crippen LogP contribution in [0.15, 0.2) is 67.1 Å². The molecule has 3 heterocycles. The number of hydrogen-bond donors (Lipinski definition) is 2. The van der Waals surface area contributed by atoms with Crippen molar-refractivity contribution in [1.29, 1.82) is 0 Å². The Morgan fingerprint density at radius 3 is 2.67 bits per heavy atom. The number of halogens is 1. The van der Waals surface area contributed by atoms with Crippen molar-refractivity contribution < 1.29 is 9.18 Å². The molecule has 0 bridgehead atoms. The molecule has 0 atom stereocenters. The van der Waals surface area contributed by atoms with Crippen LogP contribution in [0, 0.1) is 5.95 Å². The van der Waals surface area contributed by atoms with E-state index in [1.165, 1.54) is 18.3 Å². The van der Waals surface area contributed by atoms with Gasteiger partial charge in [-0.25, -0.2) is 9.97 Å². The van der Waals surface area contributed by atoms with Crippen LogP contribution in [0.25, 0.3) is 39.4 Å². The minimum atomic E-state index is -0.516. The number of benzene rings is 1. The number of nitrogens with one attached hydrogen (secondary N) is 1. The average molecular weight is 358 g/mol. The number of nitrogens with zero attached hydrogens (tertiary/aromatic N) is 2. The molecule has 1 aromatic carbocycles. The van der Waals surface area contributed by atoms with Gasteiger partial charge in [-0.2, -0.15) is 4.39 Å². The summed E-state index contributed by atoms with van der Waals surface area (Å²) in [5.74, 6) is -1.01. The van der Waals surface area contributed by atoms with Crippen LogP contribution in [0.1, 0.15) is 5.56 Å². The van der Waals surface area contributed by atoms with Gasteiger partial charge in [0.25, 0.3) is 0 Å². The molecule has 4 rings (SSSR count). The SMILES string of the molecule is NC(=O)C=Cc1cccc(-c2cnc3[nH]cc(-c4ccc(F)nc4)c3c2)c1. The van der Waals surface area contributed by atoms with E-state index in [4.69, 9.17) is 5.73 Å². The number of fused-ring (bicyclic) bond motifs is 1. The highest BCUT2D eigenvalue weighted by Gasteiger charge is 2.10. The van der Waals surface area contributed by atoms with Crippen molar-refractivity contribution in [3.8, 4) is 22.3 Å². The molecule has 0 saturated carbocycles. The second-order valence-corrected chi connectivity index (χ2v) is 6.05. The third-order valence-electron chi connectivity index (χ3n) is 4.23. The number of aromatic amines is 1. The van der Waals surface area contributed by atoms with Crippen LogP contribution in [0.4, 0.5) is 4.39 Å². The second-order valence-electron chi connectivity index (χ2n) is 6.05. The number of aromatic nitrogens is 3. The third-order valence-corrected chi connectivity index (χ3v) is 4.23. The van der Waals surface area contributed by atoms with Crippen LogP contribution in [0.3, 0.4) is 0 Å². The fourth-order valence-corrected chi connectivity index (χ4v) is 2.94. The molecule has 4 aromatic rings. The minimum Gasteiger partial charge on any atom is -0.366 e. The fraction of sp³-hybridized carbons (Fsp3) is 0. The molecule has 0 aliphatic rings. The number of rotatable bonds is 4. The molecule has 27 heavy (non-hydrogen) atoms. The summed E-state index contributed by atoms with van der Waals surface area (Å²) >= 11 is 0. The van der Waals surface area contributed by atoms with E-state index >= 15 is 0 Å². The van der Waals surface area contributed by atoms with Crippen LogP contribution in [0.5, 0.6) is 0 Å². The summed E-state index contributed by atoms with van der Waals surface area (Å²) in [6.45, 7) is 0. The van der Waals surface area contributed by atoms with Crippen molar-refractivity contribution in [3.63, 3.8) is 0 Å². The molecule has 1 amide bonds. The lowest BCUT2D eigenvalue weighted by Gasteiger charge is -2.05. The Bertz CT molecular complexity index is 1160. The number of carbonyl (C=O) groups is 1.